The third-order valence-electron chi connectivity index (χ3n) is 2.38. The maximum Gasteiger partial charge on any atom is 0.246 e. The summed E-state index contributed by atoms with van der Waals surface area (Å²) in [4.78, 5) is 39.2. The molecule has 1 fully saturated rings. The molecule has 1 N–H and O–H groups in total. The Morgan fingerprint density at radius 2 is 2.06 bits per heavy atom. The fourth-order valence-electron chi connectivity index (χ4n) is 1.60. The Bertz CT molecular complexity index is 442. The summed E-state index contributed by atoms with van der Waals surface area (Å²) in [7, 11) is 0. The van der Waals surface area contributed by atoms with Crippen LogP contribution in [0.15, 0.2) is 24.5 Å². The number of aromatic nitrogens is 1. The summed E-state index contributed by atoms with van der Waals surface area (Å²) in [5, 5.41) is 2.14. The van der Waals surface area contributed by atoms with Crippen LogP contribution in [0.2, 0.25) is 0 Å². The fourth-order valence-corrected chi connectivity index (χ4v) is 1.60. The first-order chi connectivity index (χ1) is 8.15. The van der Waals surface area contributed by atoms with Gasteiger partial charge in [0.25, 0.3) is 0 Å². The molecule has 0 spiro atoms. The van der Waals surface area contributed by atoms with Crippen LogP contribution in [0.1, 0.15) is 5.56 Å². The van der Waals surface area contributed by atoms with Crippen molar-refractivity contribution in [1.82, 2.24) is 15.2 Å². The number of imide groups is 1. The SMILES string of the molecule is O=C1CN(C(=O)Cc2cccnc2)CC(=O)N1. The number of nitrogens with one attached hydrogen (secondary N) is 1. The number of carbonyl (C=O) groups excluding carboxylic acids is 3. The second-order valence-electron chi connectivity index (χ2n) is 3.76. The molecule has 1 saturated heterocycles. The zero-order valence-electron chi connectivity index (χ0n) is 9.05. The average molecular weight is 233 g/mol. The van der Waals surface area contributed by atoms with Crippen LogP contribution in [0.3, 0.4) is 0 Å². The van der Waals surface area contributed by atoms with Gasteiger partial charge in [-0.15, -0.1) is 0 Å². The Kier molecular flexibility index (Phi) is 3.13. The molecular weight excluding hydrogens is 222 g/mol. The number of nitrogens with zero attached hydrogens (tertiary/aromatic N) is 2. The molecule has 1 aliphatic heterocycles. The molecule has 6 heteroatoms. The second kappa shape index (κ2) is 4.73. The Morgan fingerprint density at radius 1 is 1.35 bits per heavy atom. The van der Waals surface area contributed by atoms with Crippen molar-refractivity contribution in [1.29, 1.82) is 0 Å². The van der Waals surface area contributed by atoms with Gasteiger partial charge in [0.2, 0.25) is 17.7 Å². The van der Waals surface area contributed by atoms with E-state index in [1.807, 2.05) is 0 Å². The van der Waals surface area contributed by atoms with Crippen molar-refractivity contribution in [2.24, 2.45) is 0 Å². The van der Waals surface area contributed by atoms with Crippen molar-refractivity contribution in [3.8, 4) is 0 Å². The van der Waals surface area contributed by atoms with Gasteiger partial charge in [-0.05, 0) is 11.6 Å². The second-order valence-corrected chi connectivity index (χ2v) is 3.76. The number of piperazine rings is 1. The predicted molar refractivity (Wildman–Crippen MR) is 57.7 cm³/mol. The Labute approximate surface area is 97.6 Å². The third-order valence-corrected chi connectivity index (χ3v) is 2.38. The molecule has 0 radical (unpaired) electrons. The van der Waals surface area contributed by atoms with Crippen molar-refractivity contribution in [2.75, 3.05) is 13.1 Å². The van der Waals surface area contributed by atoms with E-state index >= 15 is 0 Å². The van der Waals surface area contributed by atoms with E-state index in [0.717, 1.165) is 5.56 Å². The minimum Gasteiger partial charge on any atom is -0.324 e. The fraction of sp³-hybridized carbons (Fsp3) is 0.273. The monoisotopic (exact) mass is 233 g/mol. The van der Waals surface area contributed by atoms with Crippen LogP contribution in [-0.2, 0) is 20.8 Å². The van der Waals surface area contributed by atoms with E-state index in [1.54, 1.807) is 24.5 Å². The first-order valence-corrected chi connectivity index (χ1v) is 5.14. The third kappa shape index (κ3) is 2.87. The van der Waals surface area contributed by atoms with Gasteiger partial charge in [0.05, 0.1) is 6.42 Å². The molecule has 1 aromatic heterocycles. The lowest BCUT2D eigenvalue weighted by Crippen LogP contribution is -2.53. The lowest BCUT2D eigenvalue weighted by Gasteiger charge is -2.25. The van der Waals surface area contributed by atoms with E-state index in [9.17, 15) is 14.4 Å². The molecule has 17 heavy (non-hydrogen) atoms. The summed E-state index contributed by atoms with van der Waals surface area (Å²) in [5.41, 5.74) is 0.760. The van der Waals surface area contributed by atoms with Crippen LogP contribution < -0.4 is 5.32 Å². The van der Waals surface area contributed by atoms with Gasteiger partial charge >= 0.3 is 0 Å². The van der Waals surface area contributed by atoms with Gasteiger partial charge in [0.15, 0.2) is 0 Å². The van der Waals surface area contributed by atoms with E-state index < -0.39 is 11.8 Å². The predicted octanol–water partition coefficient (Wildman–Crippen LogP) is -0.891. The van der Waals surface area contributed by atoms with Gasteiger partial charge in [-0.25, -0.2) is 0 Å². The molecule has 3 amide bonds. The molecule has 0 aliphatic carbocycles. The van der Waals surface area contributed by atoms with E-state index in [4.69, 9.17) is 0 Å². The molecule has 88 valence electrons. The van der Waals surface area contributed by atoms with Crippen molar-refractivity contribution >= 4 is 17.7 Å². The smallest absolute Gasteiger partial charge is 0.246 e. The summed E-state index contributed by atoms with van der Waals surface area (Å²) >= 11 is 0. The van der Waals surface area contributed by atoms with Gasteiger partial charge in [-0.1, -0.05) is 6.07 Å². The summed E-state index contributed by atoms with van der Waals surface area (Å²) < 4.78 is 0. The molecule has 6 nitrogen and oxygen atoms in total. The number of pyridine rings is 1. The normalized spacial score (nSPS) is 15.6. The number of carbonyl (C=O) groups is 3. The van der Waals surface area contributed by atoms with E-state index in [2.05, 4.69) is 10.3 Å². The highest BCUT2D eigenvalue weighted by atomic mass is 16.2. The van der Waals surface area contributed by atoms with Crippen molar-refractivity contribution in [2.45, 2.75) is 6.42 Å². The molecule has 2 heterocycles. The van der Waals surface area contributed by atoms with E-state index in [0.29, 0.717) is 0 Å². The lowest BCUT2D eigenvalue weighted by atomic mass is 10.2. The van der Waals surface area contributed by atoms with Crippen LogP contribution in [0.5, 0.6) is 0 Å². The van der Waals surface area contributed by atoms with Crippen LogP contribution in [0, 0.1) is 0 Å². The van der Waals surface area contributed by atoms with Crippen LogP contribution in [0.25, 0.3) is 0 Å². The Morgan fingerprint density at radius 3 is 2.65 bits per heavy atom. The zero-order valence-corrected chi connectivity index (χ0v) is 9.05. The minimum absolute atomic E-state index is 0.0646. The number of hydrogen-bond acceptors (Lipinski definition) is 4. The summed E-state index contributed by atoms with van der Waals surface area (Å²) in [6.07, 6.45) is 3.35. The molecule has 1 aliphatic rings. The standard InChI is InChI=1S/C11H11N3O3/c15-9-6-14(7-10(16)13-9)11(17)4-8-2-1-3-12-5-8/h1-3,5H,4,6-7H2,(H,13,15,16). The molecular formula is C11H11N3O3. The summed E-state index contributed by atoms with van der Waals surface area (Å²) in [6.45, 7) is -0.129. The molecule has 0 saturated carbocycles. The van der Waals surface area contributed by atoms with E-state index in [-0.39, 0.29) is 25.4 Å². The van der Waals surface area contributed by atoms with Crippen molar-refractivity contribution < 1.29 is 14.4 Å². The summed E-state index contributed by atoms with van der Waals surface area (Å²) in [6, 6.07) is 3.51. The van der Waals surface area contributed by atoms with Gasteiger partial charge in [-0.3, -0.25) is 24.7 Å². The first-order valence-electron chi connectivity index (χ1n) is 5.14. The maximum atomic E-state index is 11.8. The molecule has 0 unspecified atom stereocenters. The van der Waals surface area contributed by atoms with Gasteiger partial charge in [0, 0.05) is 12.4 Å². The Balaban J connectivity index is 2.00. The summed E-state index contributed by atoms with van der Waals surface area (Å²) in [5.74, 6) is -1.14. The van der Waals surface area contributed by atoms with Gasteiger partial charge in [0.1, 0.15) is 13.1 Å². The highest BCUT2D eigenvalue weighted by Gasteiger charge is 2.26. The molecule has 0 atom stereocenters. The van der Waals surface area contributed by atoms with Gasteiger partial charge in [-0.2, -0.15) is 0 Å². The number of amides is 3. The van der Waals surface area contributed by atoms with Crippen molar-refractivity contribution in [3.05, 3.63) is 30.1 Å². The maximum absolute atomic E-state index is 11.8. The Hall–Kier alpha value is -2.24. The highest BCUT2D eigenvalue weighted by molar-refractivity contribution is 6.02. The average Bonchev–Trinajstić information content (AvgIpc) is 2.29. The molecule has 2 rings (SSSR count). The van der Waals surface area contributed by atoms with Gasteiger partial charge < -0.3 is 4.90 Å². The quantitative estimate of drug-likeness (QED) is 0.672. The lowest BCUT2D eigenvalue weighted by molar-refractivity contribution is -0.145. The largest absolute Gasteiger partial charge is 0.324 e. The topological polar surface area (TPSA) is 79.4 Å². The number of hydrogen-bond donors (Lipinski definition) is 1. The van der Waals surface area contributed by atoms with E-state index in [1.165, 1.54) is 4.90 Å². The molecule has 0 bridgehead atoms. The minimum atomic E-state index is -0.444. The van der Waals surface area contributed by atoms with Crippen LogP contribution in [-0.4, -0.2) is 40.7 Å². The van der Waals surface area contributed by atoms with Crippen LogP contribution in [0.4, 0.5) is 0 Å². The first kappa shape index (κ1) is 11.3. The molecule has 1 aromatic rings. The van der Waals surface area contributed by atoms with Crippen molar-refractivity contribution in [3.63, 3.8) is 0 Å². The highest BCUT2D eigenvalue weighted by Crippen LogP contribution is 2.03. The van der Waals surface area contributed by atoms with Crippen LogP contribution >= 0.6 is 0 Å². The number of rotatable bonds is 2. The zero-order chi connectivity index (χ0) is 12.3. The molecule has 0 aromatic carbocycles.